The van der Waals surface area contributed by atoms with E-state index in [0.717, 1.165) is 18.7 Å². The van der Waals surface area contributed by atoms with Gasteiger partial charge >= 0.3 is 6.61 Å². The molecule has 1 aromatic heterocycles. The molecule has 1 fully saturated rings. The minimum Gasteiger partial charge on any atom is -0.433 e. The average molecular weight is 347 g/mol. The number of hydrogen-bond acceptors (Lipinski definition) is 4. The molecule has 1 aliphatic rings. The van der Waals surface area contributed by atoms with Crippen molar-refractivity contribution in [3.8, 4) is 5.75 Å². The van der Waals surface area contributed by atoms with E-state index in [9.17, 15) is 13.6 Å². The van der Waals surface area contributed by atoms with Crippen molar-refractivity contribution in [1.29, 1.82) is 0 Å². The van der Waals surface area contributed by atoms with Gasteiger partial charge in [-0.25, -0.2) is 0 Å². The van der Waals surface area contributed by atoms with Crippen molar-refractivity contribution in [1.82, 2.24) is 10.3 Å². The minimum atomic E-state index is -2.87. The van der Waals surface area contributed by atoms with E-state index in [2.05, 4.69) is 19.9 Å². The van der Waals surface area contributed by atoms with Gasteiger partial charge in [-0.3, -0.25) is 9.78 Å². The van der Waals surface area contributed by atoms with Crippen LogP contribution in [0.15, 0.2) is 48.7 Å². The molecule has 3 rings (SSSR count). The minimum absolute atomic E-state index is 0.000581. The summed E-state index contributed by atoms with van der Waals surface area (Å²) in [5, 5.41) is 2.86. The van der Waals surface area contributed by atoms with Gasteiger partial charge < -0.3 is 15.0 Å². The number of aromatic nitrogens is 1. The number of para-hydroxylation sites is 1. The van der Waals surface area contributed by atoms with Crippen molar-refractivity contribution in [2.24, 2.45) is 5.92 Å². The van der Waals surface area contributed by atoms with Gasteiger partial charge in [0.05, 0.1) is 24.4 Å². The topological polar surface area (TPSA) is 54.5 Å². The molecule has 2 heterocycles. The van der Waals surface area contributed by atoms with Crippen LogP contribution in [-0.2, 0) is 11.3 Å². The van der Waals surface area contributed by atoms with Crippen LogP contribution in [0.3, 0.4) is 0 Å². The molecular formula is C18H19F2N3O2. The molecule has 7 heteroatoms. The quantitative estimate of drug-likeness (QED) is 0.873. The van der Waals surface area contributed by atoms with Crippen LogP contribution in [0.2, 0.25) is 0 Å². The molecule has 0 aliphatic carbocycles. The van der Waals surface area contributed by atoms with Crippen LogP contribution < -0.4 is 15.0 Å². The number of alkyl halides is 2. The highest BCUT2D eigenvalue weighted by molar-refractivity contribution is 5.80. The normalized spacial score (nSPS) is 16.9. The van der Waals surface area contributed by atoms with Gasteiger partial charge in [0.15, 0.2) is 0 Å². The second-order valence-corrected chi connectivity index (χ2v) is 5.85. The molecule has 5 nitrogen and oxygen atoms in total. The summed E-state index contributed by atoms with van der Waals surface area (Å²) in [4.78, 5) is 18.5. The maximum Gasteiger partial charge on any atom is 0.387 e. The zero-order valence-corrected chi connectivity index (χ0v) is 13.6. The number of amides is 1. The average Bonchev–Trinajstić information content (AvgIpc) is 3.11. The number of benzene rings is 1. The number of nitrogens with one attached hydrogen (secondary N) is 1. The highest BCUT2D eigenvalue weighted by Crippen LogP contribution is 2.23. The molecule has 0 bridgehead atoms. The number of ether oxygens (including phenoxy) is 1. The summed E-state index contributed by atoms with van der Waals surface area (Å²) in [7, 11) is 0. The molecule has 1 unspecified atom stereocenters. The van der Waals surface area contributed by atoms with Crippen LogP contribution >= 0.6 is 0 Å². The lowest BCUT2D eigenvalue weighted by atomic mass is 10.1. The van der Waals surface area contributed by atoms with E-state index in [1.165, 1.54) is 12.3 Å². The van der Waals surface area contributed by atoms with Gasteiger partial charge in [0.25, 0.3) is 0 Å². The molecule has 1 amide bonds. The third-order valence-corrected chi connectivity index (χ3v) is 4.15. The lowest BCUT2D eigenvalue weighted by Crippen LogP contribution is -2.32. The Kier molecular flexibility index (Phi) is 5.42. The Bertz CT molecular complexity index is 695. The van der Waals surface area contributed by atoms with E-state index in [1.54, 1.807) is 6.07 Å². The molecule has 25 heavy (non-hydrogen) atoms. The molecule has 0 radical (unpaired) electrons. The maximum absolute atomic E-state index is 12.3. The predicted molar refractivity (Wildman–Crippen MR) is 89.5 cm³/mol. The summed E-state index contributed by atoms with van der Waals surface area (Å²) in [6.45, 7) is -1.08. The fourth-order valence-electron chi connectivity index (χ4n) is 2.86. The van der Waals surface area contributed by atoms with Crippen LogP contribution in [0.1, 0.15) is 12.1 Å². The number of nitrogens with zero attached hydrogens (tertiary/aromatic N) is 2. The Morgan fingerprint density at radius 1 is 1.28 bits per heavy atom. The summed E-state index contributed by atoms with van der Waals surface area (Å²) < 4.78 is 28.4. The molecule has 132 valence electrons. The summed E-state index contributed by atoms with van der Waals surface area (Å²) in [6.07, 6.45) is 2.02. The molecule has 1 atom stereocenters. The van der Waals surface area contributed by atoms with Gasteiger partial charge in [0.2, 0.25) is 5.91 Å². The SMILES string of the molecule is O=C(NCc1ccc(OC(F)F)cn1)C1CCN(c2ccccc2)C1. The smallest absolute Gasteiger partial charge is 0.387 e. The summed E-state index contributed by atoms with van der Waals surface area (Å²) in [5.41, 5.74) is 1.71. The Balaban J connectivity index is 1.48. The monoisotopic (exact) mass is 347 g/mol. The van der Waals surface area contributed by atoms with Crippen LogP contribution in [-0.4, -0.2) is 30.6 Å². The van der Waals surface area contributed by atoms with E-state index in [1.807, 2.05) is 30.3 Å². The summed E-state index contributed by atoms with van der Waals surface area (Å²) in [5.74, 6) is -0.0887. The van der Waals surface area contributed by atoms with E-state index < -0.39 is 6.61 Å². The Morgan fingerprint density at radius 2 is 2.08 bits per heavy atom. The first-order valence-corrected chi connectivity index (χ1v) is 8.09. The lowest BCUT2D eigenvalue weighted by Gasteiger charge is -2.18. The number of carbonyl (C=O) groups excluding carboxylic acids is 1. The van der Waals surface area contributed by atoms with E-state index in [4.69, 9.17) is 0 Å². The van der Waals surface area contributed by atoms with Crippen molar-refractivity contribution in [2.75, 3.05) is 18.0 Å². The molecule has 0 saturated carbocycles. The van der Waals surface area contributed by atoms with Gasteiger partial charge in [-0.15, -0.1) is 0 Å². The largest absolute Gasteiger partial charge is 0.433 e. The van der Waals surface area contributed by atoms with Crippen molar-refractivity contribution in [3.63, 3.8) is 0 Å². The highest BCUT2D eigenvalue weighted by atomic mass is 19.3. The third kappa shape index (κ3) is 4.65. The van der Waals surface area contributed by atoms with Crippen molar-refractivity contribution in [2.45, 2.75) is 19.6 Å². The van der Waals surface area contributed by atoms with E-state index >= 15 is 0 Å². The molecule has 1 saturated heterocycles. The third-order valence-electron chi connectivity index (χ3n) is 4.15. The van der Waals surface area contributed by atoms with Gasteiger partial charge in [-0.1, -0.05) is 18.2 Å². The van der Waals surface area contributed by atoms with Crippen molar-refractivity contribution in [3.05, 3.63) is 54.4 Å². The Hall–Kier alpha value is -2.70. The zero-order valence-electron chi connectivity index (χ0n) is 13.6. The van der Waals surface area contributed by atoms with Gasteiger partial charge in [-0.05, 0) is 30.7 Å². The summed E-state index contributed by atoms with van der Waals surface area (Å²) >= 11 is 0. The first-order valence-electron chi connectivity index (χ1n) is 8.09. The molecular weight excluding hydrogens is 328 g/mol. The van der Waals surface area contributed by atoms with Crippen LogP contribution in [0.4, 0.5) is 14.5 Å². The fraction of sp³-hybridized carbons (Fsp3) is 0.333. The second-order valence-electron chi connectivity index (χ2n) is 5.85. The molecule has 1 aromatic carbocycles. The Morgan fingerprint density at radius 3 is 2.76 bits per heavy atom. The number of pyridine rings is 1. The first-order chi connectivity index (χ1) is 12.1. The Labute approximate surface area is 144 Å². The molecule has 1 aliphatic heterocycles. The van der Waals surface area contributed by atoms with Gasteiger partial charge in [0.1, 0.15) is 5.75 Å². The zero-order chi connectivity index (χ0) is 17.6. The van der Waals surface area contributed by atoms with E-state index in [0.29, 0.717) is 12.2 Å². The molecule has 2 aromatic rings. The lowest BCUT2D eigenvalue weighted by molar-refractivity contribution is -0.124. The van der Waals surface area contributed by atoms with Crippen LogP contribution in [0.25, 0.3) is 0 Å². The van der Waals surface area contributed by atoms with Crippen LogP contribution in [0, 0.1) is 5.92 Å². The summed E-state index contributed by atoms with van der Waals surface area (Å²) in [6, 6.07) is 13.0. The maximum atomic E-state index is 12.3. The van der Waals surface area contributed by atoms with Crippen molar-refractivity contribution >= 4 is 11.6 Å². The standard InChI is InChI=1S/C18H19F2N3O2/c19-18(20)25-16-7-6-14(21-11-16)10-22-17(24)13-8-9-23(12-13)15-4-2-1-3-5-15/h1-7,11,13,18H,8-10,12H2,(H,22,24). The first kappa shape index (κ1) is 17.1. The number of halogens is 2. The predicted octanol–water partition coefficient (Wildman–Crippen LogP) is 2.83. The van der Waals surface area contributed by atoms with E-state index in [-0.39, 0.29) is 24.1 Å². The highest BCUT2D eigenvalue weighted by Gasteiger charge is 2.28. The fourth-order valence-corrected chi connectivity index (χ4v) is 2.86. The van der Waals surface area contributed by atoms with Gasteiger partial charge in [-0.2, -0.15) is 8.78 Å². The number of rotatable bonds is 6. The number of anilines is 1. The molecule has 0 spiro atoms. The molecule has 1 N–H and O–H groups in total. The van der Waals surface area contributed by atoms with Crippen molar-refractivity contribution < 1.29 is 18.3 Å². The second kappa shape index (κ2) is 7.92. The number of hydrogen-bond donors (Lipinski definition) is 1. The van der Waals surface area contributed by atoms with Crippen LogP contribution in [0.5, 0.6) is 5.75 Å². The number of carbonyl (C=O) groups is 1. The van der Waals surface area contributed by atoms with Gasteiger partial charge in [0, 0.05) is 18.8 Å².